The van der Waals surface area contributed by atoms with Crippen molar-refractivity contribution in [1.29, 1.82) is 0 Å². The van der Waals surface area contributed by atoms with Crippen molar-refractivity contribution in [2.75, 3.05) is 0 Å². The lowest BCUT2D eigenvalue weighted by molar-refractivity contribution is 0.0970. The molecule has 150 valence electrons. The maximum absolute atomic E-state index is 13.1. The maximum atomic E-state index is 13.1. The maximum Gasteiger partial charge on any atom is 0.291 e. The highest BCUT2D eigenvalue weighted by Gasteiger charge is 2.54. The van der Waals surface area contributed by atoms with E-state index in [2.05, 4.69) is 15.2 Å². The number of halogens is 5. The van der Waals surface area contributed by atoms with Crippen LogP contribution in [0.4, 0.5) is 17.6 Å². The highest BCUT2D eigenvalue weighted by molar-refractivity contribution is 7.89. The summed E-state index contributed by atoms with van der Waals surface area (Å²) in [6.07, 6.45) is -3.20. The molecule has 1 aliphatic rings. The highest BCUT2D eigenvalue weighted by atomic mass is 35.5. The van der Waals surface area contributed by atoms with E-state index >= 15 is 0 Å². The molecule has 0 atom stereocenters. The average Bonchev–Trinajstić information content (AvgIpc) is 3.06. The van der Waals surface area contributed by atoms with Crippen LogP contribution in [-0.4, -0.2) is 40.0 Å². The molecule has 0 spiro atoms. The molecule has 7 nitrogen and oxygen atoms in total. The fraction of sp³-hybridized carbons (Fsp3) is 0.357. The zero-order valence-corrected chi connectivity index (χ0v) is 16.0. The Labute approximate surface area is 164 Å². The first kappa shape index (κ1) is 19.5. The topological polar surface area (TPSA) is 89.2 Å². The number of alkyl halides is 4. The molecule has 3 aromatic heterocycles. The van der Waals surface area contributed by atoms with Gasteiger partial charge in [-0.1, -0.05) is 22.9 Å². The molecule has 1 saturated carbocycles. The summed E-state index contributed by atoms with van der Waals surface area (Å²) < 4.78 is 80.2. The first-order valence-electron chi connectivity index (χ1n) is 7.74. The Morgan fingerprint density at radius 1 is 1.25 bits per heavy atom. The van der Waals surface area contributed by atoms with Crippen LogP contribution in [0.25, 0.3) is 16.3 Å². The van der Waals surface area contributed by atoms with Crippen molar-refractivity contribution in [1.82, 2.24) is 24.3 Å². The van der Waals surface area contributed by atoms with Crippen molar-refractivity contribution in [3.05, 3.63) is 28.5 Å². The molecule has 1 N–H and O–H groups in total. The van der Waals surface area contributed by atoms with E-state index in [0.717, 1.165) is 12.3 Å². The van der Waals surface area contributed by atoms with Gasteiger partial charge in [0.25, 0.3) is 12.9 Å². The average molecular weight is 456 g/mol. The lowest BCUT2D eigenvalue weighted by atomic mass is 10.3. The molecule has 0 aromatic carbocycles. The number of nitrogens with one attached hydrogen (secondary N) is 1. The van der Waals surface area contributed by atoms with Crippen LogP contribution in [0.5, 0.6) is 0 Å². The number of aromatic nitrogens is 4. The third-order valence-corrected chi connectivity index (χ3v) is 6.99. The number of imidazole rings is 1. The lowest BCUT2D eigenvalue weighted by Gasteiger charge is -2.16. The minimum atomic E-state index is -4.32. The summed E-state index contributed by atoms with van der Waals surface area (Å²) in [4.78, 5) is 3.67. The van der Waals surface area contributed by atoms with Gasteiger partial charge in [0, 0.05) is 6.20 Å². The van der Waals surface area contributed by atoms with Crippen molar-refractivity contribution in [2.45, 2.75) is 36.1 Å². The Kier molecular flexibility index (Phi) is 4.60. The van der Waals surface area contributed by atoms with Crippen LogP contribution < -0.4 is 4.72 Å². The molecule has 0 unspecified atom stereocenters. The third-order valence-electron chi connectivity index (χ3n) is 4.24. The molecule has 0 amide bonds. The first-order chi connectivity index (χ1) is 13.1. The number of hydrogen-bond acceptors (Lipinski definition) is 6. The van der Waals surface area contributed by atoms with Gasteiger partial charge in [-0.15, -0.1) is 10.2 Å². The van der Waals surface area contributed by atoms with Crippen molar-refractivity contribution in [2.24, 2.45) is 0 Å². The van der Waals surface area contributed by atoms with Gasteiger partial charge >= 0.3 is 0 Å². The van der Waals surface area contributed by atoms with Crippen LogP contribution in [0.1, 0.15) is 24.3 Å². The van der Waals surface area contributed by atoms with Crippen LogP contribution in [0.2, 0.25) is 5.02 Å². The summed E-state index contributed by atoms with van der Waals surface area (Å²) in [6, 6.07) is 1.09. The van der Waals surface area contributed by atoms with Crippen LogP contribution in [0.3, 0.4) is 0 Å². The third kappa shape index (κ3) is 3.25. The Morgan fingerprint density at radius 2 is 1.96 bits per heavy atom. The van der Waals surface area contributed by atoms with E-state index in [0.29, 0.717) is 11.3 Å². The van der Waals surface area contributed by atoms with Gasteiger partial charge < -0.3 is 0 Å². The largest absolute Gasteiger partial charge is 0.295 e. The first-order valence-corrected chi connectivity index (χ1v) is 10.4. The highest BCUT2D eigenvalue weighted by Crippen LogP contribution is 2.42. The Hall–Kier alpha value is -1.83. The van der Waals surface area contributed by atoms with Gasteiger partial charge in [0.05, 0.1) is 16.8 Å². The minimum absolute atomic E-state index is 0.0252. The van der Waals surface area contributed by atoms with Crippen LogP contribution in [0.15, 0.2) is 23.4 Å². The van der Waals surface area contributed by atoms with Gasteiger partial charge in [-0.05, 0) is 18.9 Å². The molecule has 0 aliphatic heterocycles. The Bertz CT molecular complexity index is 1160. The van der Waals surface area contributed by atoms with E-state index in [1.54, 1.807) is 0 Å². The van der Waals surface area contributed by atoms with Crippen molar-refractivity contribution >= 4 is 38.6 Å². The molecule has 3 heterocycles. The van der Waals surface area contributed by atoms with Gasteiger partial charge in [-0.25, -0.2) is 31.0 Å². The van der Waals surface area contributed by atoms with Gasteiger partial charge in [-0.3, -0.25) is 4.40 Å². The van der Waals surface area contributed by atoms with E-state index in [-0.39, 0.29) is 39.1 Å². The zero-order chi connectivity index (χ0) is 20.3. The van der Waals surface area contributed by atoms with Crippen LogP contribution in [-0.2, 0) is 10.0 Å². The van der Waals surface area contributed by atoms with Gasteiger partial charge in [0.15, 0.2) is 15.7 Å². The summed E-state index contributed by atoms with van der Waals surface area (Å²) >= 11 is 6.71. The fourth-order valence-electron chi connectivity index (χ4n) is 2.58. The molecule has 1 fully saturated rings. The Morgan fingerprint density at radius 3 is 2.54 bits per heavy atom. The van der Waals surface area contributed by atoms with Gasteiger partial charge in [-0.2, -0.15) is 4.72 Å². The summed E-state index contributed by atoms with van der Waals surface area (Å²) in [5.74, 6) is 0. The number of nitrogens with zero attached hydrogens (tertiary/aromatic N) is 4. The summed E-state index contributed by atoms with van der Waals surface area (Å²) in [5, 5.41) is 6.55. The summed E-state index contributed by atoms with van der Waals surface area (Å²) in [6.45, 7) is 0. The number of sulfonamides is 1. The SMILES string of the molecule is O=S(=O)(NC1(C(F)F)CC1)c1cc(Cl)c2ncc(-c3nnc(C(F)F)s3)n2c1. The standard InChI is InChI=1S/C14H10ClF4N5O2S2/c15-7-3-6(28(25,26)23-14(1-2-14)13(18)19)5-24-8(4-20-10(7)24)11-21-22-12(27-11)9(16)17/h3-5,9,13,23H,1-2H2. The smallest absolute Gasteiger partial charge is 0.291 e. The van der Waals surface area contributed by atoms with Crippen LogP contribution in [0, 0.1) is 0 Å². The normalized spacial score (nSPS) is 16.4. The van der Waals surface area contributed by atoms with E-state index in [1.165, 1.54) is 10.6 Å². The molecule has 0 radical (unpaired) electrons. The molecule has 1 aliphatic carbocycles. The predicted molar refractivity (Wildman–Crippen MR) is 92.4 cm³/mol. The number of pyridine rings is 1. The van der Waals surface area contributed by atoms with Crippen LogP contribution >= 0.6 is 22.9 Å². The molecule has 3 aromatic rings. The lowest BCUT2D eigenvalue weighted by Crippen LogP contribution is -2.42. The zero-order valence-electron chi connectivity index (χ0n) is 13.6. The van der Waals surface area contributed by atoms with Crippen molar-refractivity contribution in [3.63, 3.8) is 0 Å². The Balaban J connectivity index is 1.79. The minimum Gasteiger partial charge on any atom is -0.295 e. The van der Waals surface area contributed by atoms with E-state index < -0.39 is 33.4 Å². The van der Waals surface area contributed by atoms with Gasteiger partial charge in [0.1, 0.15) is 10.6 Å². The summed E-state index contributed by atoms with van der Waals surface area (Å²) in [5.41, 5.74) is -1.43. The molecular weight excluding hydrogens is 446 g/mol. The molecular formula is C14H10ClF4N5O2S2. The fourth-order valence-corrected chi connectivity index (χ4v) is 5.07. The second-order valence-corrected chi connectivity index (χ2v) is 9.27. The molecule has 28 heavy (non-hydrogen) atoms. The molecule has 0 saturated heterocycles. The monoisotopic (exact) mass is 455 g/mol. The quantitative estimate of drug-likeness (QED) is 0.574. The number of hydrogen-bond donors (Lipinski definition) is 1. The second kappa shape index (κ2) is 6.61. The van der Waals surface area contributed by atoms with E-state index in [1.807, 2.05) is 4.72 Å². The number of rotatable bonds is 6. The van der Waals surface area contributed by atoms with E-state index in [9.17, 15) is 26.0 Å². The molecule has 4 rings (SSSR count). The van der Waals surface area contributed by atoms with E-state index in [4.69, 9.17) is 11.6 Å². The second-order valence-electron chi connectivity index (χ2n) is 6.17. The number of fused-ring (bicyclic) bond motifs is 1. The summed E-state index contributed by atoms with van der Waals surface area (Å²) in [7, 11) is -4.32. The predicted octanol–water partition coefficient (Wildman–Crippen LogP) is 3.52. The molecule has 0 bridgehead atoms. The van der Waals surface area contributed by atoms with Gasteiger partial charge in [0.2, 0.25) is 10.0 Å². The molecule has 14 heteroatoms. The van der Waals surface area contributed by atoms with Crippen molar-refractivity contribution < 1.29 is 26.0 Å². The van der Waals surface area contributed by atoms with Crippen molar-refractivity contribution in [3.8, 4) is 10.7 Å².